The highest BCUT2D eigenvalue weighted by atomic mass is 32.1. The van der Waals surface area contributed by atoms with E-state index in [-0.39, 0.29) is 12.0 Å². The number of carbonyl (C=O) groups excluding carboxylic acids is 1. The summed E-state index contributed by atoms with van der Waals surface area (Å²) < 4.78 is 5.57. The molecule has 0 unspecified atom stereocenters. The van der Waals surface area contributed by atoms with Gasteiger partial charge in [0, 0.05) is 5.56 Å². The molecule has 1 aromatic carbocycles. The fourth-order valence-corrected chi connectivity index (χ4v) is 2.27. The summed E-state index contributed by atoms with van der Waals surface area (Å²) in [6.45, 7) is 5.89. The number of aryl methyl sites for hydroxylation is 1. The first-order chi connectivity index (χ1) is 9.58. The molecular formula is C14H17N3O2S. The van der Waals surface area contributed by atoms with E-state index in [1.807, 2.05) is 26.8 Å². The van der Waals surface area contributed by atoms with E-state index in [2.05, 4.69) is 15.5 Å². The lowest BCUT2D eigenvalue weighted by atomic mass is 10.2. The van der Waals surface area contributed by atoms with Gasteiger partial charge in [-0.25, -0.2) is 0 Å². The Labute approximate surface area is 122 Å². The second-order valence-electron chi connectivity index (χ2n) is 4.50. The van der Waals surface area contributed by atoms with Gasteiger partial charge in [0.05, 0.1) is 6.10 Å². The Morgan fingerprint density at radius 1 is 1.40 bits per heavy atom. The highest BCUT2D eigenvalue weighted by Crippen LogP contribution is 2.19. The van der Waals surface area contributed by atoms with Gasteiger partial charge >= 0.3 is 0 Å². The Hall–Kier alpha value is -1.95. The second-order valence-corrected chi connectivity index (χ2v) is 5.57. The molecule has 20 heavy (non-hydrogen) atoms. The van der Waals surface area contributed by atoms with Gasteiger partial charge in [0.1, 0.15) is 10.8 Å². The summed E-state index contributed by atoms with van der Waals surface area (Å²) in [4.78, 5) is 12.1. The third-order valence-corrected chi connectivity index (χ3v) is 3.44. The van der Waals surface area contributed by atoms with E-state index in [9.17, 15) is 4.79 Å². The first-order valence-corrected chi connectivity index (χ1v) is 7.30. The zero-order valence-corrected chi connectivity index (χ0v) is 12.5. The van der Waals surface area contributed by atoms with Gasteiger partial charge in [-0.1, -0.05) is 24.3 Å². The number of rotatable bonds is 5. The summed E-state index contributed by atoms with van der Waals surface area (Å²) in [5.41, 5.74) is 0.538. The zero-order chi connectivity index (χ0) is 14.5. The first-order valence-electron chi connectivity index (χ1n) is 6.49. The van der Waals surface area contributed by atoms with Crippen LogP contribution in [0.15, 0.2) is 24.3 Å². The van der Waals surface area contributed by atoms with Crippen molar-refractivity contribution in [2.24, 2.45) is 0 Å². The van der Waals surface area contributed by atoms with E-state index in [0.29, 0.717) is 16.4 Å². The number of hydrogen-bond donors (Lipinski definition) is 1. The minimum absolute atomic E-state index is 0.0728. The number of benzene rings is 1. The van der Waals surface area contributed by atoms with Gasteiger partial charge < -0.3 is 4.74 Å². The van der Waals surface area contributed by atoms with Crippen LogP contribution in [-0.4, -0.2) is 22.2 Å². The van der Waals surface area contributed by atoms with Crippen molar-refractivity contribution >= 4 is 22.4 Å². The van der Waals surface area contributed by atoms with Crippen LogP contribution in [0.25, 0.3) is 0 Å². The molecule has 6 heteroatoms. The number of nitrogens with zero attached hydrogens (tertiary/aromatic N) is 2. The fourth-order valence-electron chi connectivity index (χ4n) is 1.60. The third kappa shape index (κ3) is 3.77. The number of nitrogens with one attached hydrogen (secondary N) is 1. The highest BCUT2D eigenvalue weighted by molar-refractivity contribution is 7.15. The molecule has 2 rings (SSSR count). The number of aromatic nitrogens is 2. The Balaban J connectivity index is 2.08. The molecule has 106 valence electrons. The molecular weight excluding hydrogens is 274 g/mol. The molecule has 5 nitrogen and oxygen atoms in total. The zero-order valence-electron chi connectivity index (χ0n) is 11.7. The van der Waals surface area contributed by atoms with Crippen molar-refractivity contribution < 1.29 is 9.53 Å². The lowest BCUT2D eigenvalue weighted by Gasteiger charge is -2.10. The topological polar surface area (TPSA) is 64.1 Å². The molecule has 1 aromatic heterocycles. The maximum atomic E-state index is 12.1. The molecule has 0 saturated heterocycles. The van der Waals surface area contributed by atoms with Crippen LogP contribution in [0, 0.1) is 0 Å². The molecule has 0 aliphatic heterocycles. The van der Waals surface area contributed by atoms with Crippen LogP contribution in [0.3, 0.4) is 0 Å². The third-order valence-electron chi connectivity index (χ3n) is 2.46. The molecule has 0 fully saturated rings. The Bertz CT molecular complexity index is 596. The van der Waals surface area contributed by atoms with Crippen LogP contribution in [0.1, 0.15) is 36.1 Å². The van der Waals surface area contributed by atoms with Crippen molar-refractivity contribution in [3.63, 3.8) is 0 Å². The highest BCUT2D eigenvalue weighted by Gasteiger charge is 2.10. The van der Waals surface area contributed by atoms with Crippen LogP contribution in [-0.2, 0) is 6.42 Å². The monoisotopic (exact) mass is 291 g/mol. The van der Waals surface area contributed by atoms with E-state index in [0.717, 1.165) is 11.4 Å². The number of carbonyl (C=O) groups is 1. The lowest BCUT2D eigenvalue weighted by Crippen LogP contribution is -2.12. The van der Waals surface area contributed by atoms with Gasteiger partial charge in [0.15, 0.2) is 0 Å². The van der Waals surface area contributed by atoms with Crippen LogP contribution >= 0.6 is 11.3 Å². The van der Waals surface area contributed by atoms with Gasteiger partial charge in [0.25, 0.3) is 5.91 Å². The minimum Gasteiger partial charge on any atom is -0.491 e. The maximum Gasteiger partial charge on any atom is 0.257 e. The fraction of sp³-hybridized carbons (Fsp3) is 0.357. The molecule has 0 spiro atoms. The molecule has 0 saturated carbocycles. The summed E-state index contributed by atoms with van der Waals surface area (Å²) in [5, 5.41) is 12.1. The number of amides is 1. The standard InChI is InChI=1S/C14H17N3O2S/c1-4-12-16-17-14(20-12)15-13(18)10-6-5-7-11(8-10)19-9(2)3/h5-9H,4H2,1-3H3,(H,15,17,18). The van der Waals surface area contributed by atoms with Crippen molar-refractivity contribution in [1.29, 1.82) is 0 Å². The first kappa shape index (κ1) is 14.5. The van der Waals surface area contributed by atoms with Crippen molar-refractivity contribution in [1.82, 2.24) is 10.2 Å². The van der Waals surface area contributed by atoms with Crippen LogP contribution in [0.5, 0.6) is 5.75 Å². The van der Waals surface area contributed by atoms with E-state index in [4.69, 9.17) is 4.74 Å². The smallest absolute Gasteiger partial charge is 0.257 e. The Morgan fingerprint density at radius 2 is 2.20 bits per heavy atom. The minimum atomic E-state index is -0.210. The van der Waals surface area contributed by atoms with Gasteiger partial charge in [-0.05, 0) is 38.5 Å². The Kier molecular flexibility index (Phi) is 4.68. The number of anilines is 1. The van der Waals surface area contributed by atoms with E-state index in [1.165, 1.54) is 11.3 Å². The summed E-state index contributed by atoms with van der Waals surface area (Å²) in [6.07, 6.45) is 0.884. The molecule has 0 atom stereocenters. The molecule has 1 heterocycles. The van der Waals surface area contributed by atoms with E-state index < -0.39 is 0 Å². The average molecular weight is 291 g/mol. The van der Waals surface area contributed by atoms with Crippen LogP contribution < -0.4 is 10.1 Å². The van der Waals surface area contributed by atoms with Crippen molar-refractivity contribution in [2.45, 2.75) is 33.3 Å². The summed E-state index contributed by atoms with van der Waals surface area (Å²) >= 11 is 1.39. The Morgan fingerprint density at radius 3 is 2.85 bits per heavy atom. The predicted octanol–water partition coefficient (Wildman–Crippen LogP) is 3.14. The second kappa shape index (κ2) is 6.47. The van der Waals surface area contributed by atoms with Crippen molar-refractivity contribution in [2.75, 3.05) is 5.32 Å². The van der Waals surface area contributed by atoms with Crippen molar-refractivity contribution in [3.05, 3.63) is 34.8 Å². The number of hydrogen-bond acceptors (Lipinski definition) is 5. The molecule has 0 radical (unpaired) electrons. The van der Waals surface area contributed by atoms with Gasteiger partial charge in [-0.3, -0.25) is 10.1 Å². The van der Waals surface area contributed by atoms with Gasteiger partial charge in [-0.2, -0.15) is 0 Å². The van der Waals surface area contributed by atoms with Crippen LogP contribution in [0.2, 0.25) is 0 Å². The van der Waals surface area contributed by atoms with Gasteiger partial charge in [-0.15, -0.1) is 10.2 Å². The SMILES string of the molecule is CCc1nnc(NC(=O)c2cccc(OC(C)C)c2)s1. The van der Waals surface area contributed by atoms with Gasteiger partial charge in [0.2, 0.25) is 5.13 Å². The quantitative estimate of drug-likeness (QED) is 0.919. The molecule has 0 aliphatic rings. The van der Waals surface area contributed by atoms with Crippen LogP contribution in [0.4, 0.5) is 5.13 Å². The normalized spacial score (nSPS) is 10.6. The molecule has 1 N–H and O–H groups in total. The lowest BCUT2D eigenvalue weighted by molar-refractivity contribution is 0.102. The molecule has 0 bridgehead atoms. The van der Waals surface area contributed by atoms with E-state index in [1.54, 1.807) is 18.2 Å². The summed E-state index contributed by atoms with van der Waals surface area (Å²) in [5.74, 6) is 0.470. The predicted molar refractivity (Wildman–Crippen MR) is 79.4 cm³/mol. The maximum absolute atomic E-state index is 12.1. The largest absolute Gasteiger partial charge is 0.491 e. The number of ether oxygens (including phenoxy) is 1. The average Bonchev–Trinajstić information content (AvgIpc) is 2.86. The molecule has 1 amide bonds. The van der Waals surface area contributed by atoms with E-state index >= 15 is 0 Å². The summed E-state index contributed by atoms with van der Waals surface area (Å²) in [7, 11) is 0. The molecule has 0 aliphatic carbocycles. The molecule has 2 aromatic rings. The summed E-state index contributed by atoms with van der Waals surface area (Å²) in [6, 6.07) is 7.09. The van der Waals surface area contributed by atoms with Crippen molar-refractivity contribution in [3.8, 4) is 5.75 Å².